The Bertz CT molecular complexity index is 723. The number of rotatable bonds is 3. The van der Waals surface area contributed by atoms with E-state index in [9.17, 15) is 14.7 Å². The molecule has 1 aromatic heterocycles. The predicted molar refractivity (Wildman–Crippen MR) is 72.1 cm³/mol. The quantitative estimate of drug-likeness (QED) is 0.655. The second-order valence-electron chi connectivity index (χ2n) is 4.79. The lowest BCUT2D eigenvalue weighted by Crippen LogP contribution is -2.31. The molecule has 0 saturated carbocycles. The Balaban J connectivity index is 2.00. The number of amides is 1. The van der Waals surface area contributed by atoms with Crippen LogP contribution in [0.3, 0.4) is 0 Å². The zero-order valence-electron chi connectivity index (χ0n) is 11.0. The largest absolute Gasteiger partial charge is 0.476 e. The number of carbonyl (C=O) groups is 2. The van der Waals surface area contributed by atoms with Gasteiger partial charge in [-0.2, -0.15) is 0 Å². The van der Waals surface area contributed by atoms with Gasteiger partial charge in [-0.05, 0) is 23.6 Å². The Morgan fingerprint density at radius 3 is 2.95 bits per heavy atom. The normalized spacial score (nSPS) is 15.2. The fourth-order valence-corrected chi connectivity index (χ4v) is 2.45. The highest BCUT2D eigenvalue weighted by Crippen LogP contribution is 2.26. The standard InChI is InChI=1S/C14H13N3O4/c18-12(10-11(14(20)21)17-6-16-10)8-2-1-7-3-4-15-13(19)9(7)5-8/h1-2,5-6,12,18H,3-4H2,(H,15,19)(H,16,17)(H,20,21). The van der Waals surface area contributed by atoms with Crippen molar-refractivity contribution < 1.29 is 19.8 Å². The molecule has 7 heteroatoms. The Kier molecular flexibility index (Phi) is 3.19. The number of aromatic amines is 1. The van der Waals surface area contributed by atoms with E-state index in [1.807, 2.05) is 0 Å². The van der Waals surface area contributed by atoms with Crippen LogP contribution in [0.4, 0.5) is 0 Å². The first-order valence-corrected chi connectivity index (χ1v) is 6.43. The number of hydrogen-bond acceptors (Lipinski definition) is 4. The van der Waals surface area contributed by atoms with Gasteiger partial charge in [0.15, 0.2) is 5.69 Å². The summed E-state index contributed by atoms with van der Waals surface area (Å²) in [6, 6.07) is 5.05. The van der Waals surface area contributed by atoms with Crippen molar-refractivity contribution in [1.29, 1.82) is 0 Å². The molecule has 21 heavy (non-hydrogen) atoms. The molecule has 0 radical (unpaired) electrons. The third-order valence-electron chi connectivity index (χ3n) is 3.52. The highest BCUT2D eigenvalue weighted by Gasteiger charge is 2.24. The van der Waals surface area contributed by atoms with Gasteiger partial charge in [0.25, 0.3) is 5.91 Å². The minimum atomic E-state index is -1.22. The number of aromatic carboxylic acids is 1. The molecule has 7 nitrogen and oxygen atoms in total. The van der Waals surface area contributed by atoms with Crippen LogP contribution in [-0.2, 0) is 6.42 Å². The zero-order valence-corrected chi connectivity index (χ0v) is 11.0. The summed E-state index contributed by atoms with van der Waals surface area (Å²) < 4.78 is 0. The fourth-order valence-electron chi connectivity index (χ4n) is 2.45. The van der Waals surface area contributed by atoms with Crippen LogP contribution < -0.4 is 5.32 Å². The van der Waals surface area contributed by atoms with Gasteiger partial charge in [0.2, 0.25) is 0 Å². The van der Waals surface area contributed by atoms with Crippen molar-refractivity contribution >= 4 is 11.9 Å². The van der Waals surface area contributed by atoms with Crippen molar-refractivity contribution in [1.82, 2.24) is 15.3 Å². The molecule has 0 spiro atoms. The number of nitrogens with zero attached hydrogens (tertiary/aromatic N) is 1. The van der Waals surface area contributed by atoms with Crippen molar-refractivity contribution in [3.8, 4) is 0 Å². The molecule has 1 aliphatic heterocycles. The lowest BCUT2D eigenvalue weighted by Gasteiger charge is -2.18. The molecular weight excluding hydrogens is 274 g/mol. The lowest BCUT2D eigenvalue weighted by molar-refractivity contribution is 0.0684. The van der Waals surface area contributed by atoms with Gasteiger partial charge < -0.3 is 20.5 Å². The second kappa shape index (κ2) is 5.02. The number of H-pyrrole nitrogens is 1. The first kappa shape index (κ1) is 13.3. The molecule has 2 heterocycles. The highest BCUT2D eigenvalue weighted by atomic mass is 16.4. The van der Waals surface area contributed by atoms with E-state index in [4.69, 9.17) is 5.11 Å². The fraction of sp³-hybridized carbons (Fsp3) is 0.214. The third-order valence-corrected chi connectivity index (χ3v) is 3.52. The number of aliphatic hydroxyl groups excluding tert-OH is 1. The summed E-state index contributed by atoms with van der Waals surface area (Å²) in [4.78, 5) is 29.2. The highest BCUT2D eigenvalue weighted by molar-refractivity contribution is 5.97. The van der Waals surface area contributed by atoms with Gasteiger partial charge in [0.05, 0.1) is 12.0 Å². The van der Waals surface area contributed by atoms with Crippen LogP contribution in [0, 0.1) is 0 Å². The Labute approximate surface area is 119 Å². The minimum absolute atomic E-state index is 0.0960. The summed E-state index contributed by atoms with van der Waals surface area (Å²) in [5, 5.41) is 22.1. The van der Waals surface area contributed by atoms with Crippen molar-refractivity contribution in [3.63, 3.8) is 0 Å². The summed E-state index contributed by atoms with van der Waals surface area (Å²) in [5.74, 6) is -1.41. The minimum Gasteiger partial charge on any atom is -0.476 e. The summed E-state index contributed by atoms with van der Waals surface area (Å²) >= 11 is 0. The van der Waals surface area contributed by atoms with E-state index in [-0.39, 0.29) is 17.3 Å². The smallest absolute Gasteiger partial charge is 0.356 e. The van der Waals surface area contributed by atoms with Gasteiger partial charge in [-0.25, -0.2) is 9.78 Å². The number of carbonyl (C=O) groups excluding carboxylic acids is 1. The van der Waals surface area contributed by atoms with E-state index in [1.54, 1.807) is 18.2 Å². The number of nitrogens with one attached hydrogen (secondary N) is 2. The number of aliphatic hydroxyl groups is 1. The van der Waals surface area contributed by atoms with Gasteiger partial charge in [-0.3, -0.25) is 4.79 Å². The summed E-state index contributed by atoms with van der Waals surface area (Å²) in [5.41, 5.74) is 1.73. The van der Waals surface area contributed by atoms with Gasteiger partial charge in [0, 0.05) is 12.1 Å². The maximum absolute atomic E-state index is 11.8. The van der Waals surface area contributed by atoms with Crippen LogP contribution in [-0.4, -0.2) is 38.6 Å². The molecule has 2 aromatic rings. The molecule has 0 saturated heterocycles. The molecule has 4 N–H and O–H groups in total. The monoisotopic (exact) mass is 287 g/mol. The number of carboxylic acids is 1. The number of benzene rings is 1. The zero-order chi connectivity index (χ0) is 15.0. The van der Waals surface area contributed by atoms with Crippen LogP contribution in [0.25, 0.3) is 0 Å². The van der Waals surface area contributed by atoms with E-state index in [0.29, 0.717) is 17.7 Å². The van der Waals surface area contributed by atoms with E-state index in [0.717, 1.165) is 12.0 Å². The van der Waals surface area contributed by atoms with Crippen molar-refractivity contribution in [2.45, 2.75) is 12.5 Å². The summed E-state index contributed by atoms with van der Waals surface area (Å²) in [7, 11) is 0. The van der Waals surface area contributed by atoms with E-state index in [2.05, 4.69) is 15.3 Å². The first-order chi connectivity index (χ1) is 10.1. The molecule has 1 aliphatic rings. The Morgan fingerprint density at radius 1 is 1.38 bits per heavy atom. The molecule has 1 aromatic carbocycles. The molecule has 1 atom stereocenters. The molecule has 108 valence electrons. The molecule has 0 bridgehead atoms. The van der Waals surface area contributed by atoms with Crippen LogP contribution in [0.2, 0.25) is 0 Å². The van der Waals surface area contributed by atoms with E-state index < -0.39 is 12.1 Å². The first-order valence-electron chi connectivity index (χ1n) is 6.43. The lowest BCUT2D eigenvalue weighted by atomic mass is 9.95. The van der Waals surface area contributed by atoms with Crippen LogP contribution in [0.15, 0.2) is 24.5 Å². The number of imidazole rings is 1. The molecule has 1 amide bonds. The van der Waals surface area contributed by atoms with Crippen molar-refractivity contribution in [2.75, 3.05) is 6.54 Å². The predicted octanol–water partition coefficient (Wildman–Crippen LogP) is 0.475. The number of aromatic nitrogens is 2. The average Bonchev–Trinajstić information content (AvgIpc) is 2.96. The van der Waals surface area contributed by atoms with Crippen LogP contribution in [0.5, 0.6) is 0 Å². The average molecular weight is 287 g/mol. The Hall–Kier alpha value is -2.67. The van der Waals surface area contributed by atoms with Gasteiger partial charge >= 0.3 is 5.97 Å². The molecular formula is C14H13N3O4. The van der Waals surface area contributed by atoms with E-state index in [1.165, 1.54) is 6.33 Å². The van der Waals surface area contributed by atoms with Gasteiger partial charge in [0.1, 0.15) is 6.10 Å². The SMILES string of the molecule is O=C1NCCc2ccc(C(O)c3[nH]cnc3C(=O)O)cc21. The molecule has 0 fully saturated rings. The topological polar surface area (TPSA) is 115 Å². The van der Waals surface area contributed by atoms with Crippen LogP contribution in [0.1, 0.15) is 43.8 Å². The number of hydrogen-bond donors (Lipinski definition) is 4. The number of carboxylic acid groups (broad SMARTS) is 1. The Morgan fingerprint density at radius 2 is 2.19 bits per heavy atom. The van der Waals surface area contributed by atoms with Crippen LogP contribution >= 0.6 is 0 Å². The molecule has 1 unspecified atom stereocenters. The summed E-state index contributed by atoms with van der Waals surface area (Å²) in [6.45, 7) is 0.595. The third kappa shape index (κ3) is 2.27. The van der Waals surface area contributed by atoms with Crippen molar-refractivity contribution in [3.05, 3.63) is 52.6 Å². The maximum Gasteiger partial charge on any atom is 0.356 e. The van der Waals surface area contributed by atoms with Crippen molar-refractivity contribution in [2.24, 2.45) is 0 Å². The molecule has 3 rings (SSSR count). The molecule has 0 aliphatic carbocycles. The number of fused-ring (bicyclic) bond motifs is 1. The van der Waals surface area contributed by atoms with Gasteiger partial charge in [-0.1, -0.05) is 12.1 Å². The summed E-state index contributed by atoms with van der Waals surface area (Å²) in [6.07, 6.45) is 0.772. The maximum atomic E-state index is 11.8. The van der Waals surface area contributed by atoms with E-state index >= 15 is 0 Å². The second-order valence-corrected chi connectivity index (χ2v) is 4.79. The van der Waals surface area contributed by atoms with Gasteiger partial charge in [-0.15, -0.1) is 0 Å².